The van der Waals surface area contributed by atoms with Gasteiger partial charge in [0.1, 0.15) is 18.3 Å². The highest BCUT2D eigenvalue weighted by atomic mass is 16.5. The average molecular weight is 251 g/mol. The van der Waals surface area contributed by atoms with Crippen LogP contribution in [-0.2, 0) is 4.74 Å². The van der Waals surface area contributed by atoms with Crippen LogP contribution in [0.15, 0.2) is 0 Å². The molecule has 6 nitrogen and oxygen atoms in total. The molecule has 0 bridgehead atoms. The maximum absolute atomic E-state index is 9.41. The van der Waals surface area contributed by atoms with Gasteiger partial charge in [0.2, 0.25) is 0 Å². The van der Waals surface area contributed by atoms with Crippen molar-refractivity contribution in [2.24, 2.45) is 0 Å². The third kappa shape index (κ3) is 7.64. The number of ether oxygens (including phenoxy) is 1. The smallest absolute Gasteiger partial charge is 0.114 e. The average Bonchev–Trinajstić information content (AvgIpc) is 2.31. The van der Waals surface area contributed by atoms with E-state index in [1.807, 2.05) is 14.1 Å². The van der Waals surface area contributed by atoms with E-state index in [-0.39, 0.29) is 0 Å². The van der Waals surface area contributed by atoms with Crippen LogP contribution in [0.4, 0.5) is 0 Å². The summed E-state index contributed by atoms with van der Waals surface area (Å²) in [6.07, 6.45) is -1.55. The molecule has 0 aliphatic carbocycles. The van der Waals surface area contributed by atoms with Crippen LogP contribution in [0.25, 0.3) is 0 Å². The second kappa shape index (κ2) is 9.76. The lowest BCUT2D eigenvalue weighted by molar-refractivity contribution is -0.123. The molecule has 0 spiro atoms. The van der Waals surface area contributed by atoms with Crippen LogP contribution >= 0.6 is 0 Å². The van der Waals surface area contributed by atoms with E-state index in [0.717, 1.165) is 19.4 Å². The first-order valence-corrected chi connectivity index (χ1v) is 5.87. The molecule has 0 heterocycles. The summed E-state index contributed by atoms with van der Waals surface area (Å²) >= 11 is 0. The molecule has 2 unspecified atom stereocenters. The Bertz CT molecular complexity index is 169. The Labute approximate surface area is 102 Å². The standard InChI is InChI=1S/C11H25NO5/c1-12(2)5-3-4-6-17-11(9(15)7-13)10(16)8-14/h9-11,13-16H,3-8H2,1-2H3. The van der Waals surface area contributed by atoms with Crippen LogP contribution in [0.2, 0.25) is 0 Å². The summed E-state index contributed by atoms with van der Waals surface area (Å²) in [5.41, 5.74) is 0. The highest BCUT2D eigenvalue weighted by Crippen LogP contribution is 2.07. The van der Waals surface area contributed by atoms with Gasteiger partial charge in [0.25, 0.3) is 0 Å². The Morgan fingerprint density at radius 2 is 1.53 bits per heavy atom. The van der Waals surface area contributed by atoms with Gasteiger partial charge >= 0.3 is 0 Å². The lowest BCUT2D eigenvalue weighted by atomic mass is 10.1. The third-order valence-electron chi connectivity index (χ3n) is 2.44. The molecule has 0 saturated heterocycles. The molecule has 104 valence electrons. The summed E-state index contributed by atoms with van der Waals surface area (Å²) in [4.78, 5) is 2.06. The van der Waals surface area contributed by atoms with Crippen molar-refractivity contribution >= 4 is 0 Å². The molecule has 0 rings (SSSR count). The Kier molecular flexibility index (Phi) is 9.62. The molecule has 0 fully saturated rings. The van der Waals surface area contributed by atoms with E-state index < -0.39 is 31.5 Å². The highest BCUT2D eigenvalue weighted by molar-refractivity contribution is 4.76. The normalized spacial score (nSPS) is 17.1. The van der Waals surface area contributed by atoms with E-state index in [4.69, 9.17) is 14.9 Å². The molecule has 0 aromatic carbocycles. The van der Waals surface area contributed by atoms with Crippen LogP contribution in [0, 0.1) is 0 Å². The monoisotopic (exact) mass is 251 g/mol. The molecule has 0 aromatic heterocycles. The molecule has 0 radical (unpaired) electrons. The number of nitrogens with zero attached hydrogens (tertiary/aromatic N) is 1. The molecule has 0 aromatic rings. The Morgan fingerprint density at radius 1 is 1.00 bits per heavy atom. The van der Waals surface area contributed by atoms with Crippen molar-refractivity contribution in [3.8, 4) is 0 Å². The number of aliphatic hydroxyl groups excluding tert-OH is 4. The number of hydrogen-bond acceptors (Lipinski definition) is 6. The first-order valence-electron chi connectivity index (χ1n) is 5.87. The molecular weight excluding hydrogens is 226 g/mol. The Hall–Kier alpha value is -0.240. The van der Waals surface area contributed by atoms with Crippen molar-refractivity contribution in [2.75, 3.05) is 40.5 Å². The Morgan fingerprint density at radius 3 is 1.94 bits per heavy atom. The van der Waals surface area contributed by atoms with E-state index in [2.05, 4.69) is 4.90 Å². The third-order valence-corrected chi connectivity index (χ3v) is 2.44. The second-order valence-corrected chi connectivity index (χ2v) is 4.35. The van der Waals surface area contributed by atoms with E-state index in [0.29, 0.717) is 6.61 Å². The van der Waals surface area contributed by atoms with E-state index >= 15 is 0 Å². The summed E-state index contributed by atoms with van der Waals surface area (Å²) in [6, 6.07) is 0. The lowest BCUT2D eigenvalue weighted by Gasteiger charge is -2.25. The summed E-state index contributed by atoms with van der Waals surface area (Å²) in [5, 5.41) is 36.4. The van der Waals surface area contributed by atoms with Gasteiger partial charge in [-0.1, -0.05) is 0 Å². The lowest BCUT2D eigenvalue weighted by Crippen LogP contribution is -2.43. The minimum atomic E-state index is -1.18. The molecule has 0 amide bonds. The fourth-order valence-corrected chi connectivity index (χ4v) is 1.44. The molecule has 0 aliphatic heterocycles. The maximum atomic E-state index is 9.41. The fourth-order valence-electron chi connectivity index (χ4n) is 1.44. The van der Waals surface area contributed by atoms with Crippen molar-refractivity contribution in [1.82, 2.24) is 4.90 Å². The molecule has 2 atom stereocenters. The zero-order valence-corrected chi connectivity index (χ0v) is 10.6. The van der Waals surface area contributed by atoms with Crippen molar-refractivity contribution in [3.63, 3.8) is 0 Å². The van der Waals surface area contributed by atoms with Gasteiger partial charge in [-0.15, -0.1) is 0 Å². The number of rotatable bonds is 10. The number of hydrogen-bond donors (Lipinski definition) is 4. The molecule has 0 aliphatic rings. The predicted molar refractivity (Wildman–Crippen MR) is 63.7 cm³/mol. The minimum absolute atomic E-state index is 0.382. The van der Waals surface area contributed by atoms with Gasteiger partial charge in [-0.25, -0.2) is 0 Å². The number of aliphatic hydroxyl groups is 4. The summed E-state index contributed by atoms with van der Waals surface area (Å²) in [5.74, 6) is 0. The van der Waals surface area contributed by atoms with Gasteiger partial charge in [0, 0.05) is 6.61 Å². The first kappa shape index (κ1) is 16.8. The van der Waals surface area contributed by atoms with Crippen molar-refractivity contribution in [3.05, 3.63) is 0 Å². The van der Waals surface area contributed by atoms with Crippen molar-refractivity contribution in [1.29, 1.82) is 0 Å². The summed E-state index contributed by atoms with van der Waals surface area (Å²) in [6.45, 7) is 0.324. The highest BCUT2D eigenvalue weighted by Gasteiger charge is 2.26. The zero-order valence-electron chi connectivity index (χ0n) is 10.6. The quantitative estimate of drug-likeness (QED) is 0.350. The molecule has 6 heteroatoms. The first-order chi connectivity index (χ1) is 8.02. The van der Waals surface area contributed by atoms with Crippen LogP contribution < -0.4 is 0 Å². The zero-order chi connectivity index (χ0) is 13.3. The summed E-state index contributed by atoms with van der Waals surface area (Å²) < 4.78 is 5.29. The van der Waals surface area contributed by atoms with Gasteiger partial charge in [0.15, 0.2) is 0 Å². The fraction of sp³-hybridized carbons (Fsp3) is 1.00. The van der Waals surface area contributed by atoms with Gasteiger partial charge < -0.3 is 30.1 Å². The van der Waals surface area contributed by atoms with E-state index in [9.17, 15) is 10.2 Å². The molecule has 17 heavy (non-hydrogen) atoms. The largest absolute Gasteiger partial charge is 0.394 e. The summed E-state index contributed by atoms with van der Waals surface area (Å²) in [7, 11) is 3.96. The minimum Gasteiger partial charge on any atom is -0.394 e. The van der Waals surface area contributed by atoms with Gasteiger partial charge in [-0.05, 0) is 33.5 Å². The predicted octanol–water partition coefficient (Wildman–Crippen LogP) is -1.58. The second-order valence-electron chi connectivity index (χ2n) is 4.35. The Balaban J connectivity index is 3.84. The topological polar surface area (TPSA) is 93.4 Å². The van der Waals surface area contributed by atoms with E-state index in [1.54, 1.807) is 0 Å². The van der Waals surface area contributed by atoms with E-state index in [1.165, 1.54) is 0 Å². The number of unbranched alkanes of at least 4 members (excludes halogenated alkanes) is 1. The van der Waals surface area contributed by atoms with Crippen LogP contribution in [0.1, 0.15) is 12.8 Å². The molecule has 0 saturated carbocycles. The molecular formula is C11H25NO5. The van der Waals surface area contributed by atoms with Crippen LogP contribution in [0.5, 0.6) is 0 Å². The van der Waals surface area contributed by atoms with Crippen molar-refractivity contribution in [2.45, 2.75) is 31.2 Å². The van der Waals surface area contributed by atoms with Crippen molar-refractivity contribution < 1.29 is 25.2 Å². The van der Waals surface area contributed by atoms with Gasteiger partial charge in [0.05, 0.1) is 13.2 Å². The van der Waals surface area contributed by atoms with Crippen LogP contribution in [-0.4, -0.2) is 84.1 Å². The molecule has 4 N–H and O–H groups in total. The van der Waals surface area contributed by atoms with Crippen LogP contribution in [0.3, 0.4) is 0 Å². The van der Waals surface area contributed by atoms with Gasteiger partial charge in [-0.2, -0.15) is 0 Å². The SMILES string of the molecule is CN(C)CCCCOC(C(O)CO)C(O)CO. The maximum Gasteiger partial charge on any atom is 0.114 e. The van der Waals surface area contributed by atoms with Gasteiger partial charge in [-0.3, -0.25) is 0 Å².